The zero-order valence-corrected chi connectivity index (χ0v) is 25.2. The van der Waals surface area contributed by atoms with Crippen LogP contribution >= 0.6 is 0 Å². The normalized spacial score (nSPS) is 14.8. The predicted octanol–water partition coefficient (Wildman–Crippen LogP) is 4.70. The van der Waals surface area contributed by atoms with Crippen LogP contribution in [0.25, 0.3) is 22.4 Å². The van der Waals surface area contributed by atoms with E-state index in [0.717, 1.165) is 39.9 Å². The number of hydrogen-bond acceptors (Lipinski definition) is 5. The maximum Gasteiger partial charge on any atom is 0.270 e. The van der Waals surface area contributed by atoms with Crippen LogP contribution in [0.3, 0.4) is 0 Å². The Balaban J connectivity index is 1.32. The van der Waals surface area contributed by atoms with Gasteiger partial charge in [-0.05, 0) is 78.8 Å². The number of aryl methyl sites for hydroxylation is 3. The first-order valence-corrected chi connectivity index (χ1v) is 14.7. The number of anilines is 1. The third-order valence-electron chi connectivity index (χ3n) is 8.39. The molecular formula is C34H35N7O3. The summed E-state index contributed by atoms with van der Waals surface area (Å²) < 4.78 is 5.14. The van der Waals surface area contributed by atoms with E-state index in [4.69, 9.17) is 0 Å². The van der Waals surface area contributed by atoms with Gasteiger partial charge in [0.1, 0.15) is 11.7 Å². The number of fused-ring (bicyclic) bond motifs is 1. The van der Waals surface area contributed by atoms with Gasteiger partial charge in [0.25, 0.3) is 11.5 Å². The first-order chi connectivity index (χ1) is 21.2. The average Bonchev–Trinajstić information content (AvgIpc) is 3.75. The topological polar surface area (TPSA) is 116 Å². The molecule has 5 aromatic rings. The number of amides is 2. The maximum absolute atomic E-state index is 14.0. The number of benzene rings is 2. The van der Waals surface area contributed by atoms with Crippen molar-refractivity contribution in [1.29, 1.82) is 0 Å². The van der Waals surface area contributed by atoms with Gasteiger partial charge in [-0.3, -0.25) is 19.1 Å². The van der Waals surface area contributed by atoms with Crippen LogP contribution in [0.2, 0.25) is 0 Å². The third kappa shape index (κ3) is 5.58. The molecule has 0 aliphatic heterocycles. The molecule has 0 fully saturated rings. The second kappa shape index (κ2) is 11.8. The average molecular weight is 590 g/mol. The molecule has 3 heterocycles. The molecule has 2 N–H and O–H groups in total. The van der Waals surface area contributed by atoms with Gasteiger partial charge in [-0.15, -0.1) is 0 Å². The number of nitrogens with zero attached hydrogens (tertiary/aromatic N) is 5. The molecule has 0 saturated heterocycles. The Morgan fingerprint density at radius 2 is 1.70 bits per heavy atom. The largest absolute Gasteiger partial charge is 0.338 e. The molecule has 224 valence electrons. The Kier molecular flexibility index (Phi) is 7.73. The highest BCUT2D eigenvalue weighted by Gasteiger charge is 2.36. The molecule has 0 radical (unpaired) electrons. The van der Waals surface area contributed by atoms with Gasteiger partial charge in [0.05, 0.1) is 18.2 Å². The molecule has 1 aliphatic carbocycles. The van der Waals surface area contributed by atoms with Gasteiger partial charge < -0.3 is 19.8 Å². The summed E-state index contributed by atoms with van der Waals surface area (Å²) in [7, 11) is 3.63. The monoisotopic (exact) mass is 589 g/mol. The van der Waals surface area contributed by atoms with Gasteiger partial charge in [-0.1, -0.05) is 30.3 Å². The summed E-state index contributed by atoms with van der Waals surface area (Å²) in [5.41, 5.74) is 6.91. The van der Waals surface area contributed by atoms with Crippen molar-refractivity contribution in [2.75, 3.05) is 5.32 Å². The molecule has 1 aliphatic rings. The summed E-state index contributed by atoms with van der Waals surface area (Å²) in [6.07, 6.45) is 8.46. The molecule has 0 unspecified atom stereocenters. The number of hydrogen-bond donors (Lipinski definition) is 2. The van der Waals surface area contributed by atoms with Crippen molar-refractivity contribution in [2.45, 2.75) is 44.7 Å². The van der Waals surface area contributed by atoms with Crippen molar-refractivity contribution < 1.29 is 9.59 Å². The summed E-state index contributed by atoms with van der Waals surface area (Å²) in [6, 6.07) is 18.0. The molecular weight excluding hydrogens is 554 g/mol. The highest BCUT2D eigenvalue weighted by molar-refractivity contribution is 6.01. The zero-order chi connectivity index (χ0) is 31.0. The fourth-order valence-corrected chi connectivity index (χ4v) is 5.98. The minimum Gasteiger partial charge on any atom is -0.338 e. The van der Waals surface area contributed by atoms with E-state index in [9.17, 15) is 14.4 Å². The van der Waals surface area contributed by atoms with Crippen LogP contribution in [-0.4, -0.2) is 41.8 Å². The van der Waals surface area contributed by atoms with Gasteiger partial charge in [0.2, 0.25) is 5.91 Å². The third-order valence-corrected chi connectivity index (χ3v) is 8.39. The number of pyridine rings is 1. The molecule has 44 heavy (non-hydrogen) atoms. The van der Waals surface area contributed by atoms with Gasteiger partial charge in [0, 0.05) is 50.2 Å². The quantitative estimate of drug-likeness (QED) is 0.272. The highest BCUT2D eigenvalue weighted by Crippen LogP contribution is 2.38. The van der Waals surface area contributed by atoms with E-state index in [2.05, 4.69) is 38.9 Å². The van der Waals surface area contributed by atoms with Crippen LogP contribution in [0, 0.1) is 0 Å². The SMILES string of the molecule is CC(C)n1cc(-c2ccc3c(c2)[C@H]([C@H](NC(=O)c2ccnn2C)C(=O)Nc2ccc(-c4cncn4C)cc2)CC3)ccc1=O. The molecule has 3 aromatic heterocycles. The van der Waals surface area contributed by atoms with Crippen molar-refractivity contribution >= 4 is 17.5 Å². The van der Waals surface area contributed by atoms with E-state index in [1.807, 2.05) is 62.0 Å². The first-order valence-electron chi connectivity index (χ1n) is 14.7. The van der Waals surface area contributed by atoms with Crippen LogP contribution < -0.4 is 16.2 Å². The predicted molar refractivity (Wildman–Crippen MR) is 169 cm³/mol. The maximum atomic E-state index is 14.0. The fraction of sp³-hybridized carbons (Fsp3) is 0.265. The fourth-order valence-electron chi connectivity index (χ4n) is 5.98. The second-order valence-corrected chi connectivity index (χ2v) is 11.6. The first kappa shape index (κ1) is 28.9. The van der Waals surface area contributed by atoms with Crippen LogP contribution in [0.1, 0.15) is 53.8 Å². The Hall–Kier alpha value is -5.25. The number of nitrogens with one attached hydrogen (secondary N) is 2. The van der Waals surface area contributed by atoms with Gasteiger partial charge >= 0.3 is 0 Å². The number of carbonyl (C=O) groups is 2. The Morgan fingerprint density at radius 1 is 0.955 bits per heavy atom. The number of imidazole rings is 1. The van der Waals surface area contributed by atoms with Crippen molar-refractivity contribution in [3.8, 4) is 22.4 Å². The summed E-state index contributed by atoms with van der Waals surface area (Å²) in [4.78, 5) is 43.9. The lowest BCUT2D eigenvalue weighted by molar-refractivity contribution is -0.118. The van der Waals surface area contributed by atoms with Crippen LogP contribution in [0.15, 0.2) is 90.4 Å². The summed E-state index contributed by atoms with van der Waals surface area (Å²) in [5, 5.41) is 10.2. The Morgan fingerprint density at radius 3 is 2.39 bits per heavy atom. The van der Waals surface area contributed by atoms with Crippen LogP contribution in [-0.2, 0) is 25.3 Å². The van der Waals surface area contributed by atoms with Crippen molar-refractivity contribution in [1.82, 2.24) is 29.2 Å². The zero-order valence-electron chi connectivity index (χ0n) is 25.2. The van der Waals surface area contributed by atoms with E-state index in [1.165, 1.54) is 4.68 Å². The molecule has 0 saturated carbocycles. The minimum atomic E-state index is -0.838. The van der Waals surface area contributed by atoms with Crippen molar-refractivity contribution in [2.24, 2.45) is 14.1 Å². The van der Waals surface area contributed by atoms with Crippen LogP contribution in [0.5, 0.6) is 0 Å². The molecule has 10 heteroatoms. The number of carbonyl (C=O) groups excluding carboxylic acids is 2. The smallest absolute Gasteiger partial charge is 0.270 e. The Labute approximate surface area is 255 Å². The lowest BCUT2D eigenvalue weighted by Gasteiger charge is -2.25. The molecule has 6 rings (SSSR count). The molecule has 0 spiro atoms. The molecule has 0 bridgehead atoms. The van der Waals surface area contributed by atoms with E-state index in [-0.39, 0.29) is 29.3 Å². The summed E-state index contributed by atoms with van der Waals surface area (Å²) in [5.74, 6) is -0.928. The second-order valence-electron chi connectivity index (χ2n) is 11.6. The summed E-state index contributed by atoms with van der Waals surface area (Å²) >= 11 is 0. The van der Waals surface area contributed by atoms with E-state index in [0.29, 0.717) is 17.8 Å². The molecule has 2 atom stereocenters. The van der Waals surface area contributed by atoms with Gasteiger partial charge in [-0.25, -0.2) is 4.98 Å². The lowest BCUT2D eigenvalue weighted by atomic mass is 9.90. The highest BCUT2D eigenvalue weighted by atomic mass is 16.2. The standard InChI is InChI=1S/C34H35N7O3/c1-21(2)41-19-25(10-14-31(41)42)24-6-5-22-9-13-27(28(22)17-24)32(38-33(43)29-15-16-36-40(29)4)34(44)37-26-11-7-23(8-12-26)30-18-35-20-39(30)3/h5-8,10-12,14-21,27,32H,9,13H2,1-4H3,(H,37,44)(H,38,43)/t27-,32+/m1/s1. The van der Waals surface area contributed by atoms with Crippen molar-refractivity contribution in [3.05, 3.63) is 113 Å². The summed E-state index contributed by atoms with van der Waals surface area (Å²) in [6.45, 7) is 3.95. The van der Waals surface area contributed by atoms with Gasteiger partial charge in [-0.2, -0.15) is 5.10 Å². The molecule has 2 aromatic carbocycles. The van der Waals surface area contributed by atoms with Crippen molar-refractivity contribution in [3.63, 3.8) is 0 Å². The van der Waals surface area contributed by atoms with Crippen LogP contribution in [0.4, 0.5) is 5.69 Å². The lowest BCUT2D eigenvalue weighted by Crippen LogP contribution is -2.47. The van der Waals surface area contributed by atoms with E-state index in [1.54, 1.807) is 42.5 Å². The minimum absolute atomic E-state index is 0.0260. The number of aromatic nitrogens is 5. The van der Waals surface area contributed by atoms with E-state index < -0.39 is 6.04 Å². The molecule has 10 nitrogen and oxygen atoms in total. The number of rotatable bonds is 8. The Bertz CT molecular complexity index is 1900. The van der Waals surface area contributed by atoms with Gasteiger partial charge in [0.15, 0.2) is 0 Å². The molecule has 2 amide bonds. The van der Waals surface area contributed by atoms with E-state index >= 15 is 0 Å².